The lowest BCUT2D eigenvalue weighted by molar-refractivity contribution is -0.141. The van der Waals surface area contributed by atoms with Crippen LogP contribution in [0.15, 0.2) is 48.5 Å². The summed E-state index contributed by atoms with van der Waals surface area (Å²) >= 11 is 6.30. The van der Waals surface area contributed by atoms with Gasteiger partial charge in [-0.1, -0.05) is 48.9 Å². The van der Waals surface area contributed by atoms with Crippen molar-refractivity contribution < 1.29 is 14.0 Å². The number of carbonyl (C=O) groups excluding carboxylic acids is 2. The summed E-state index contributed by atoms with van der Waals surface area (Å²) in [6.45, 7) is 7.79. The minimum atomic E-state index is -0.640. The fraction of sp³-hybridized carbons (Fsp3) is 0.391. The van der Waals surface area contributed by atoms with Crippen molar-refractivity contribution in [1.82, 2.24) is 10.2 Å². The van der Waals surface area contributed by atoms with Crippen molar-refractivity contribution in [3.63, 3.8) is 0 Å². The van der Waals surface area contributed by atoms with Gasteiger partial charge in [-0.2, -0.15) is 0 Å². The maximum Gasteiger partial charge on any atom is 0.243 e. The third-order valence-electron chi connectivity index (χ3n) is 4.45. The van der Waals surface area contributed by atoms with Crippen molar-refractivity contribution in [2.75, 3.05) is 0 Å². The van der Waals surface area contributed by atoms with E-state index in [4.69, 9.17) is 11.6 Å². The van der Waals surface area contributed by atoms with Gasteiger partial charge in [-0.15, -0.1) is 0 Å². The number of halogens is 2. The number of hydrogen-bond acceptors (Lipinski definition) is 2. The average Bonchev–Trinajstić information content (AvgIpc) is 2.63. The lowest BCUT2D eigenvalue weighted by Crippen LogP contribution is -2.53. The molecule has 2 rings (SSSR count). The summed E-state index contributed by atoms with van der Waals surface area (Å²) in [5, 5.41) is 3.50. The molecular formula is C23H28ClFN2O2. The molecule has 29 heavy (non-hydrogen) atoms. The lowest BCUT2D eigenvalue weighted by Gasteiger charge is -2.33. The molecule has 0 saturated carbocycles. The van der Waals surface area contributed by atoms with Gasteiger partial charge in [0, 0.05) is 17.1 Å². The SMILES string of the molecule is CC[C@H](C(=O)NC(C)(C)C)N(Cc1ccccc1Cl)C(=O)Cc1ccc(F)cc1. The Hall–Kier alpha value is -2.40. The Kier molecular flexibility index (Phi) is 7.80. The summed E-state index contributed by atoms with van der Waals surface area (Å²) in [5.41, 5.74) is 1.04. The molecule has 2 aromatic rings. The number of carbonyl (C=O) groups is 2. The summed E-state index contributed by atoms with van der Waals surface area (Å²) < 4.78 is 13.2. The molecule has 0 radical (unpaired) electrons. The van der Waals surface area contributed by atoms with E-state index in [9.17, 15) is 14.0 Å². The minimum Gasteiger partial charge on any atom is -0.350 e. The first-order chi connectivity index (χ1) is 13.6. The zero-order valence-electron chi connectivity index (χ0n) is 17.3. The molecule has 0 aliphatic heterocycles. The second-order valence-electron chi connectivity index (χ2n) is 8.08. The van der Waals surface area contributed by atoms with E-state index >= 15 is 0 Å². The fourth-order valence-electron chi connectivity index (χ4n) is 3.06. The van der Waals surface area contributed by atoms with Crippen LogP contribution in [0.5, 0.6) is 0 Å². The first kappa shape index (κ1) is 22.9. The van der Waals surface area contributed by atoms with Gasteiger partial charge in [0.2, 0.25) is 11.8 Å². The maximum absolute atomic E-state index is 13.2. The van der Waals surface area contributed by atoms with Crippen molar-refractivity contribution in [2.24, 2.45) is 0 Å². The van der Waals surface area contributed by atoms with Crippen LogP contribution in [0.3, 0.4) is 0 Å². The van der Waals surface area contributed by atoms with E-state index in [2.05, 4.69) is 5.32 Å². The molecule has 2 amide bonds. The first-order valence-electron chi connectivity index (χ1n) is 9.70. The molecule has 156 valence electrons. The summed E-state index contributed by atoms with van der Waals surface area (Å²) in [7, 11) is 0. The lowest BCUT2D eigenvalue weighted by atomic mass is 10.0. The van der Waals surface area contributed by atoms with Gasteiger partial charge in [0.1, 0.15) is 11.9 Å². The van der Waals surface area contributed by atoms with E-state index in [1.807, 2.05) is 45.9 Å². The number of nitrogens with zero attached hydrogens (tertiary/aromatic N) is 1. The molecule has 6 heteroatoms. The Morgan fingerprint density at radius 1 is 1.10 bits per heavy atom. The van der Waals surface area contributed by atoms with Crippen molar-refractivity contribution >= 4 is 23.4 Å². The first-order valence-corrected chi connectivity index (χ1v) is 10.1. The van der Waals surface area contributed by atoms with Gasteiger partial charge >= 0.3 is 0 Å². The van der Waals surface area contributed by atoms with Crippen LogP contribution in [0.4, 0.5) is 4.39 Å². The highest BCUT2D eigenvalue weighted by Crippen LogP contribution is 2.21. The zero-order chi connectivity index (χ0) is 21.6. The quantitative estimate of drug-likeness (QED) is 0.705. The van der Waals surface area contributed by atoms with Crippen LogP contribution in [0.1, 0.15) is 45.2 Å². The average molecular weight is 419 g/mol. The highest BCUT2D eigenvalue weighted by atomic mass is 35.5. The Morgan fingerprint density at radius 2 is 1.72 bits per heavy atom. The van der Waals surface area contributed by atoms with Crippen LogP contribution < -0.4 is 5.32 Å². The fourth-order valence-corrected chi connectivity index (χ4v) is 3.26. The van der Waals surface area contributed by atoms with Crippen LogP contribution in [0, 0.1) is 5.82 Å². The maximum atomic E-state index is 13.2. The third kappa shape index (κ3) is 6.86. The second kappa shape index (κ2) is 9.88. The largest absolute Gasteiger partial charge is 0.350 e. The molecule has 0 unspecified atom stereocenters. The van der Waals surface area contributed by atoms with Crippen LogP contribution in [-0.4, -0.2) is 28.3 Å². The number of benzene rings is 2. The topological polar surface area (TPSA) is 49.4 Å². The Morgan fingerprint density at radius 3 is 2.28 bits per heavy atom. The highest BCUT2D eigenvalue weighted by Gasteiger charge is 2.30. The summed E-state index contributed by atoms with van der Waals surface area (Å²) in [6.07, 6.45) is 0.533. The van der Waals surface area contributed by atoms with Crippen molar-refractivity contribution in [3.8, 4) is 0 Å². The molecule has 0 saturated heterocycles. The van der Waals surface area contributed by atoms with Crippen molar-refractivity contribution in [3.05, 3.63) is 70.5 Å². The van der Waals surface area contributed by atoms with Gasteiger partial charge in [0.05, 0.1) is 6.42 Å². The molecule has 0 aliphatic rings. The minimum absolute atomic E-state index is 0.0734. The van der Waals surface area contributed by atoms with Crippen molar-refractivity contribution in [2.45, 2.75) is 58.7 Å². The zero-order valence-corrected chi connectivity index (χ0v) is 18.1. The number of hydrogen-bond donors (Lipinski definition) is 1. The summed E-state index contributed by atoms with van der Waals surface area (Å²) in [4.78, 5) is 27.7. The van der Waals surface area contributed by atoms with Gasteiger partial charge in [-0.05, 0) is 56.5 Å². The summed E-state index contributed by atoms with van der Waals surface area (Å²) in [6, 6.07) is 12.4. The Balaban J connectivity index is 2.32. The molecule has 1 atom stereocenters. The van der Waals surface area contributed by atoms with Crippen molar-refractivity contribution in [1.29, 1.82) is 0 Å². The molecule has 0 heterocycles. The standard InChI is InChI=1S/C23H28ClFN2O2/c1-5-20(22(29)26-23(2,3)4)27(15-17-8-6-7-9-19(17)24)21(28)14-16-10-12-18(25)13-11-16/h6-13,20H,5,14-15H2,1-4H3,(H,26,29)/t20-/m1/s1. The van der Waals surface area contributed by atoms with E-state index in [0.717, 1.165) is 5.56 Å². The van der Waals surface area contributed by atoms with Gasteiger partial charge in [-0.25, -0.2) is 4.39 Å². The van der Waals surface area contributed by atoms with E-state index in [-0.39, 0.29) is 30.6 Å². The van der Waals surface area contributed by atoms with Gasteiger partial charge in [0.25, 0.3) is 0 Å². The molecule has 0 bridgehead atoms. The van der Waals surface area contributed by atoms with E-state index in [0.29, 0.717) is 17.0 Å². The van der Waals surface area contributed by atoms with Crippen LogP contribution in [0.25, 0.3) is 0 Å². The molecule has 0 spiro atoms. The monoisotopic (exact) mass is 418 g/mol. The molecule has 0 fully saturated rings. The van der Waals surface area contributed by atoms with E-state index in [1.54, 1.807) is 23.1 Å². The third-order valence-corrected chi connectivity index (χ3v) is 4.82. The predicted molar refractivity (Wildman–Crippen MR) is 114 cm³/mol. The smallest absolute Gasteiger partial charge is 0.243 e. The van der Waals surface area contributed by atoms with Crippen LogP contribution >= 0.6 is 11.6 Å². The highest BCUT2D eigenvalue weighted by molar-refractivity contribution is 6.31. The number of nitrogens with one attached hydrogen (secondary N) is 1. The van der Waals surface area contributed by atoms with Gasteiger partial charge in [0.15, 0.2) is 0 Å². The second-order valence-corrected chi connectivity index (χ2v) is 8.49. The molecule has 4 nitrogen and oxygen atoms in total. The van der Waals surface area contributed by atoms with E-state index in [1.165, 1.54) is 12.1 Å². The molecule has 0 aromatic heterocycles. The molecular weight excluding hydrogens is 391 g/mol. The Bertz CT molecular complexity index is 847. The van der Waals surface area contributed by atoms with Gasteiger partial charge in [-0.3, -0.25) is 9.59 Å². The van der Waals surface area contributed by atoms with Gasteiger partial charge < -0.3 is 10.2 Å². The van der Waals surface area contributed by atoms with E-state index < -0.39 is 11.6 Å². The number of amides is 2. The summed E-state index contributed by atoms with van der Waals surface area (Å²) in [5.74, 6) is -0.781. The normalized spacial score (nSPS) is 12.3. The molecule has 2 aromatic carbocycles. The molecule has 0 aliphatic carbocycles. The number of rotatable bonds is 7. The molecule has 1 N–H and O–H groups in total. The Labute approximate surface area is 177 Å². The van der Waals surface area contributed by atoms with Crippen LogP contribution in [-0.2, 0) is 22.6 Å². The van der Waals surface area contributed by atoms with Crippen LogP contribution in [0.2, 0.25) is 5.02 Å². The predicted octanol–water partition coefficient (Wildman–Crippen LogP) is 4.74.